The Balaban J connectivity index is 1.71. The first-order chi connectivity index (χ1) is 16.3. The number of primary amides is 1. The molecule has 0 atom stereocenters. The fourth-order valence-corrected chi connectivity index (χ4v) is 4.09. The minimum atomic E-state index is -4.43. The molecule has 0 aliphatic rings. The van der Waals surface area contributed by atoms with Gasteiger partial charge in [-0.3, -0.25) is 14.3 Å². The van der Waals surface area contributed by atoms with Crippen LogP contribution >= 0.6 is 0 Å². The molecule has 0 unspecified atom stereocenters. The number of hydrogen-bond donors (Lipinski definition) is 4. The number of aromatic hydroxyl groups is 1. The van der Waals surface area contributed by atoms with Gasteiger partial charge in [0.25, 0.3) is 5.91 Å². The van der Waals surface area contributed by atoms with E-state index in [2.05, 4.69) is 10.0 Å². The molecule has 0 aliphatic heterocycles. The molecular formula is C23H20F3N3O5S. The van der Waals surface area contributed by atoms with E-state index in [0.717, 1.165) is 12.1 Å². The normalized spacial score (nSPS) is 11.6. The lowest BCUT2D eigenvalue weighted by Crippen LogP contribution is -2.22. The zero-order chi connectivity index (χ0) is 25.8. The van der Waals surface area contributed by atoms with Gasteiger partial charge in [-0.2, -0.15) is 13.2 Å². The quantitative estimate of drug-likeness (QED) is 0.270. The van der Waals surface area contributed by atoms with E-state index < -0.39 is 51.5 Å². The third kappa shape index (κ3) is 6.96. The number of amides is 2. The minimum Gasteiger partial charge on any atom is -0.506 e. The SMILES string of the molecule is NC(=O)CCS(=O)(=O)Nc1cc(NC(=O)c2ccc(-c3ccc(C(F)(F)F)cc3)cc2)ccc1O. The first-order valence-electron chi connectivity index (χ1n) is 10.0. The van der Waals surface area contributed by atoms with E-state index in [1.807, 2.05) is 0 Å². The Morgan fingerprint density at radius 3 is 2.03 bits per heavy atom. The van der Waals surface area contributed by atoms with Crippen LogP contribution in [-0.4, -0.2) is 31.1 Å². The predicted molar refractivity (Wildman–Crippen MR) is 124 cm³/mol. The fourth-order valence-electron chi connectivity index (χ4n) is 3.02. The summed E-state index contributed by atoms with van der Waals surface area (Å²) in [5, 5.41) is 12.5. The largest absolute Gasteiger partial charge is 0.506 e. The van der Waals surface area contributed by atoms with Gasteiger partial charge < -0.3 is 16.2 Å². The zero-order valence-electron chi connectivity index (χ0n) is 18.0. The molecule has 0 aromatic heterocycles. The number of hydrogen-bond acceptors (Lipinski definition) is 5. The van der Waals surface area contributed by atoms with Crippen LogP contribution in [0.2, 0.25) is 0 Å². The van der Waals surface area contributed by atoms with Gasteiger partial charge in [0.1, 0.15) is 5.75 Å². The number of nitrogens with two attached hydrogens (primary N) is 1. The van der Waals surface area contributed by atoms with Crippen LogP contribution < -0.4 is 15.8 Å². The average molecular weight is 507 g/mol. The van der Waals surface area contributed by atoms with Crippen molar-refractivity contribution < 1.29 is 36.3 Å². The topological polar surface area (TPSA) is 139 Å². The first kappa shape index (κ1) is 25.6. The summed E-state index contributed by atoms with van der Waals surface area (Å²) in [6, 6.07) is 14.5. The third-order valence-electron chi connectivity index (χ3n) is 4.83. The number of carbonyl (C=O) groups is 2. The highest BCUT2D eigenvalue weighted by atomic mass is 32.2. The number of halogens is 3. The van der Waals surface area contributed by atoms with Crippen molar-refractivity contribution in [3.63, 3.8) is 0 Å². The first-order valence-corrected chi connectivity index (χ1v) is 11.7. The lowest BCUT2D eigenvalue weighted by atomic mass is 10.0. The molecule has 35 heavy (non-hydrogen) atoms. The zero-order valence-corrected chi connectivity index (χ0v) is 18.8. The average Bonchev–Trinajstić information content (AvgIpc) is 2.79. The van der Waals surface area contributed by atoms with Crippen molar-refractivity contribution in [2.75, 3.05) is 15.8 Å². The lowest BCUT2D eigenvalue weighted by molar-refractivity contribution is -0.137. The van der Waals surface area contributed by atoms with Gasteiger partial charge in [0.2, 0.25) is 15.9 Å². The summed E-state index contributed by atoms with van der Waals surface area (Å²) < 4.78 is 64.4. The second-order valence-corrected chi connectivity index (χ2v) is 9.32. The molecule has 8 nitrogen and oxygen atoms in total. The van der Waals surface area contributed by atoms with E-state index in [1.54, 1.807) is 12.1 Å². The Hall–Kier alpha value is -4.06. The number of nitrogens with one attached hydrogen (secondary N) is 2. The van der Waals surface area contributed by atoms with Crippen molar-refractivity contribution in [3.8, 4) is 16.9 Å². The number of benzene rings is 3. The second kappa shape index (κ2) is 10.1. The van der Waals surface area contributed by atoms with Crippen molar-refractivity contribution in [2.45, 2.75) is 12.6 Å². The van der Waals surface area contributed by atoms with Crippen molar-refractivity contribution >= 4 is 33.2 Å². The summed E-state index contributed by atoms with van der Waals surface area (Å²) in [5.41, 5.74) is 5.53. The predicted octanol–water partition coefficient (Wildman–Crippen LogP) is 3.95. The van der Waals surface area contributed by atoms with Crippen LogP contribution in [0.5, 0.6) is 5.75 Å². The standard InChI is InChI=1S/C23H20F3N3O5S/c24-23(25,26)17-7-5-15(6-8-17)14-1-3-16(4-2-14)22(32)28-18-9-10-20(30)19(13-18)29-35(33,34)12-11-21(27)31/h1-10,13,29-30H,11-12H2,(H2,27,31)(H,28,32). The molecule has 0 radical (unpaired) electrons. The molecule has 3 aromatic rings. The molecule has 184 valence electrons. The van der Waals surface area contributed by atoms with Crippen LogP contribution in [-0.2, 0) is 21.0 Å². The summed E-state index contributed by atoms with van der Waals surface area (Å²) in [5.74, 6) is -2.32. The van der Waals surface area contributed by atoms with Crippen molar-refractivity contribution in [1.82, 2.24) is 0 Å². The Morgan fingerprint density at radius 1 is 0.914 bits per heavy atom. The van der Waals surface area contributed by atoms with Gasteiger partial charge in [-0.1, -0.05) is 24.3 Å². The molecule has 2 amide bonds. The number of phenols is 1. The number of rotatable bonds is 8. The maximum absolute atomic E-state index is 12.7. The van der Waals surface area contributed by atoms with E-state index in [-0.39, 0.29) is 16.9 Å². The molecule has 0 saturated carbocycles. The van der Waals surface area contributed by atoms with Crippen molar-refractivity contribution in [2.24, 2.45) is 5.73 Å². The Kier molecular flexibility index (Phi) is 7.34. The molecule has 0 spiro atoms. The molecule has 0 aliphatic carbocycles. The van der Waals surface area contributed by atoms with Gasteiger partial charge in [0.05, 0.1) is 17.0 Å². The van der Waals surface area contributed by atoms with E-state index in [9.17, 15) is 36.3 Å². The molecule has 3 rings (SSSR count). The fraction of sp³-hybridized carbons (Fsp3) is 0.130. The van der Waals surface area contributed by atoms with Gasteiger partial charge in [0.15, 0.2) is 0 Å². The van der Waals surface area contributed by atoms with Crippen molar-refractivity contribution in [1.29, 1.82) is 0 Å². The molecule has 5 N–H and O–H groups in total. The third-order valence-corrected chi connectivity index (χ3v) is 6.10. The summed E-state index contributed by atoms with van der Waals surface area (Å²) in [4.78, 5) is 23.4. The van der Waals surface area contributed by atoms with Gasteiger partial charge >= 0.3 is 6.18 Å². The van der Waals surface area contributed by atoms with Crippen LogP contribution in [0.15, 0.2) is 66.7 Å². The molecule has 0 heterocycles. The number of anilines is 2. The molecule has 0 bridgehead atoms. The molecule has 12 heteroatoms. The van der Waals surface area contributed by atoms with Gasteiger partial charge in [0, 0.05) is 17.7 Å². The Labute approximate surface area is 198 Å². The molecule has 0 fully saturated rings. The van der Waals surface area contributed by atoms with E-state index in [1.165, 1.54) is 42.5 Å². The number of sulfonamides is 1. The highest BCUT2D eigenvalue weighted by Crippen LogP contribution is 2.31. The molecular weight excluding hydrogens is 487 g/mol. The van der Waals surface area contributed by atoms with Gasteiger partial charge in [-0.15, -0.1) is 0 Å². The van der Waals surface area contributed by atoms with Gasteiger partial charge in [-0.25, -0.2) is 8.42 Å². The highest BCUT2D eigenvalue weighted by molar-refractivity contribution is 7.92. The Morgan fingerprint density at radius 2 is 1.49 bits per heavy atom. The highest BCUT2D eigenvalue weighted by Gasteiger charge is 2.30. The summed E-state index contributed by atoms with van der Waals surface area (Å²) >= 11 is 0. The second-order valence-electron chi connectivity index (χ2n) is 7.48. The van der Waals surface area contributed by atoms with E-state index in [4.69, 9.17) is 5.73 Å². The van der Waals surface area contributed by atoms with Crippen LogP contribution in [0.4, 0.5) is 24.5 Å². The molecule has 3 aromatic carbocycles. The maximum atomic E-state index is 12.7. The van der Waals surface area contributed by atoms with Crippen LogP contribution in [0, 0.1) is 0 Å². The van der Waals surface area contributed by atoms with Crippen LogP contribution in [0.3, 0.4) is 0 Å². The van der Waals surface area contributed by atoms with Crippen LogP contribution in [0.1, 0.15) is 22.3 Å². The van der Waals surface area contributed by atoms with E-state index in [0.29, 0.717) is 11.1 Å². The van der Waals surface area contributed by atoms with Crippen LogP contribution in [0.25, 0.3) is 11.1 Å². The molecule has 0 saturated heterocycles. The lowest BCUT2D eigenvalue weighted by Gasteiger charge is -2.12. The van der Waals surface area contributed by atoms with Gasteiger partial charge in [-0.05, 0) is 53.6 Å². The van der Waals surface area contributed by atoms with E-state index >= 15 is 0 Å². The summed E-state index contributed by atoms with van der Waals surface area (Å²) in [6.07, 6.45) is -4.84. The minimum absolute atomic E-state index is 0.173. The van der Waals surface area contributed by atoms with Crippen molar-refractivity contribution in [3.05, 3.63) is 77.9 Å². The maximum Gasteiger partial charge on any atom is 0.416 e. The smallest absolute Gasteiger partial charge is 0.416 e. The number of carbonyl (C=O) groups excluding carboxylic acids is 2. The summed E-state index contributed by atoms with van der Waals surface area (Å²) in [6.45, 7) is 0. The number of alkyl halides is 3. The Bertz CT molecular complexity index is 1340. The summed E-state index contributed by atoms with van der Waals surface area (Å²) in [7, 11) is -3.98. The monoisotopic (exact) mass is 507 g/mol. The number of phenolic OH excluding ortho intramolecular Hbond substituents is 1.